The second kappa shape index (κ2) is 4.00. The van der Waals surface area contributed by atoms with Crippen LogP contribution in [0, 0.1) is 5.41 Å². The van der Waals surface area contributed by atoms with E-state index < -0.39 is 0 Å². The quantitative estimate of drug-likeness (QED) is 0.778. The summed E-state index contributed by atoms with van der Waals surface area (Å²) in [6.45, 7) is 10.6. The molecule has 0 fully saturated rings. The molecule has 1 aliphatic heterocycles. The normalized spacial score (nSPS) is 18.3. The standard InChI is InChI=1S/C14H21NO/c1-10(2)11-6-5-7-12-13(11)16-9-14(3,4)8-15-12/h5-7,10,15H,8-9H2,1-4H3. The Bertz CT molecular complexity index is 382. The first-order valence-corrected chi connectivity index (χ1v) is 5.99. The fraction of sp³-hybridized carbons (Fsp3) is 0.571. The molecule has 0 unspecified atom stereocenters. The number of benzene rings is 1. The minimum Gasteiger partial charge on any atom is -0.490 e. The molecule has 2 heteroatoms. The number of fused-ring (bicyclic) bond motifs is 1. The zero-order valence-corrected chi connectivity index (χ0v) is 10.6. The van der Waals surface area contributed by atoms with Crippen molar-refractivity contribution in [3.63, 3.8) is 0 Å². The molecule has 0 amide bonds. The van der Waals surface area contributed by atoms with Gasteiger partial charge in [-0.1, -0.05) is 39.8 Å². The summed E-state index contributed by atoms with van der Waals surface area (Å²) in [4.78, 5) is 0. The molecule has 2 rings (SSSR count). The first-order chi connectivity index (χ1) is 7.49. The van der Waals surface area contributed by atoms with Crippen LogP contribution in [-0.4, -0.2) is 13.2 Å². The van der Waals surface area contributed by atoms with Crippen molar-refractivity contribution in [3.05, 3.63) is 23.8 Å². The molecule has 16 heavy (non-hydrogen) atoms. The third-order valence-electron chi connectivity index (χ3n) is 3.03. The summed E-state index contributed by atoms with van der Waals surface area (Å²) in [6.07, 6.45) is 0. The molecule has 0 aliphatic carbocycles. The number of nitrogens with one attached hydrogen (secondary N) is 1. The largest absolute Gasteiger partial charge is 0.490 e. The Balaban J connectivity index is 2.38. The number of ether oxygens (including phenoxy) is 1. The number of anilines is 1. The van der Waals surface area contributed by atoms with Gasteiger partial charge >= 0.3 is 0 Å². The minimum atomic E-state index is 0.188. The maximum Gasteiger partial charge on any atom is 0.145 e. The number of rotatable bonds is 1. The van der Waals surface area contributed by atoms with E-state index in [-0.39, 0.29) is 5.41 Å². The molecule has 1 heterocycles. The van der Waals surface area contributed by atoms with E-state index in [2.05, 4.69) is 51.2 Å². The molecule has 1 aliphatic rings. The highest BCUT2D eigenvalue weighted by Crippen LogP contribution is 2.37. The SMILES string of the molecule is CC(C)c1cccc2c1OCC(C)(C)CN2. The van der Waals surface area contributed by atoms with Crippen LogP contribution in [0.1, 0.15) is 39.2 Å². The highest BCUT2D eigenvalue weighted by molar-refractivity contribution is 5.61. The van der Waals surface area contributed by atoms with Gasteiger partial charge in [-0.25, -0.2) is 0 Å². The lowest BCUT2D eigenvalue weighted by Gasteiger charge is -2.21. The van der Waals surface area contributed by atoms with Crippen LogP contribution in [0.3, 0.4) is 0 Å². The lowest BCUT2D eigenvalue weighted by atomic mass is 9.95. The fourth-order valence-electron chi connectivity index (χ4n) is 1.96. The number of hydrogen-bond donors (Lipinski definition) is 1. The average Bonchev–Trinajstić information content (AvgIpc) is 2.38. The monoisotopic (exact) mass is 219 g/mol. The Hall–Kier alpha value is -1.18. The fourth-order valence-corrected chi connectivity index (χ4v) is 1.96. The number of para-hydroxylation sites is 1. The van der Waals surface area contributed by atoms with Crippen LogP contribution in [0.2, 0.25) is 0 Å². The molecule has 0 saturated carbocycles. The van der Waals surface area contributed by atoms with Crippen LogP contribution in [0.5, 0.6) is 5.75 Å². The van der Waals surface area contributed by atoms with Gasteiger partial charge in [0.2, 0.25) is 0 Å². The van der Waals surface area contributed by atoms with Gasteiger partial charge in [0.05, 0.1) is 12.3 Å². The summed E-state index contributed by atoms with van der Waals surface area (Å²) in [5.74, 6) is 1.54. The molecule has 0 saturated heterocycles. The van der Waals surface area contributed by atoms with Gasteiger partial charge in [-0.3, -0.25) is 0 Å². The van der Waals surface area contributed by atoms with E-state index in [1.54, 1.807) is 0 Å². The molecule has 0 bridgehead atoms. The lowest BCUT2D eigenvalue weighted by molar-refractivity contribution is 0.198. The van der Waals surface area contributed by atoms with Crippen molar-refractivity contribution in [2.45, 2.75) is 33.6 Å². The van der Waals surface area contributed by atoms with Gasteiger partial charge in [0.15, 0.2) is 0 Å². The average molecular weight is 219 g/mol. The Labute approximate surface area is 98.0 Å². The van der Waals surface area contributed by atoms with Crippen molar-refractivity contribution in [1.29, 1.82) is 0 Å². The van der Waals surface area contributed by atoms with Crippen molar-refractivity contribution < 1.29 is 4.74 Å². The van der Waals surface area contributed by atoms with Crippen molar-refractivity contribution in [1.82, 2.24) is 0 Å². The molecule has 0 atom stereocenters. The van der Waals surface area contributed by atoms with Gasteiger partial charge in [-0.15, -0.1) is 0 Å². The Morgan fingerprint density at radius 1 is 1.31 bits per heavy atom. The Kier molecular flexibility index (Phi) is 2.83. The Morgan fingerprint density at radius 2 is 2.06 bits per heavy atom. The van der Waals surface area contributed by atoms with Crippen LogP contribution in [0.15, 0.2) is 18.2 Å². The zero-order chi connectivity index (χ0) is 11.8. The van der Waals surface area contributed by atoms with Gasteiger partial charge in [0.25, 0.3) is 0 Å². The molecular formula is C14H21NO. The summed E-state index contributed by atoms with van der Waals surface area (Å²) in [6, 6.07) is 6.36. The third-order valence-corrected chi connectivity index (χ3v) is 3.03. The van der Waals surface area contributed by atoms with Gasteiger partial charge in [0, 0.05) is 12.0 Å². The molecule has 1 aromatic carbocycles. The summed E-state index contributed by atoms with van der Waals surface area (Å²) in [5, 5.41) is 3.49. The lowest BCUT2D eigenvalue weighted by Crippen LogP contribution is -2.27. The predicted molar refractivity (Wildman–Crippen MR) is 68.3 cm³/mol. The van der Waals surface area contributed by atoms with E-state index in [1.807, 2.05) is 0 Å². The first-order valence-electron chi connectivity index (χ1n) is 5.99. The molecule has 88 valence electrons. The van der Waals surface area contributed by atoms with E-state index in [1.165, 1.54) is 5.56 Å². The van der Waals surface area contributed by atoms with E-state index in [4.69, 9.17) is 4.74 Å². The van der Waals surface area contributed by atoms with E-state index in [9.17, 15) is 0 Å². The van der Waals surface area contributed by atoms with Gasteiger partial charge < -0.3 is 10.1 Å². The topological polar surface area (TPSA) is 21.3 Å². The summed E-state index contributed by atoms with van der Waals surface area (Å²) in [5.41, 5.74) is 2.62. The van der Waals surface area contributed by atoms with Gasteiger partial charge in [-0.05, 0) is 17.5 Å². The molecular weight excluding hydrogens is 198 g/mol. The van der Waals surface area contributed by atoms with E-state index in [0.29, 0.717) is 5.92 Å². The van der Waals surface area contributed by atoms with Crippen LogP contribution < -0.4 is 10.1 Å². The maximum atomic E-state index is 5.99. The third kappa shape index (κ3) is 2.16. The number of hydrogen-bond acceptors (Lipinski definition) is 2. The van der Waals surface area contributed by atoms with Gasteiger partial charge in [-0.2, -0.15) is 0 Å². The highest BCUT2D eigenvalue weighted by Gasteiger charge is 2.25. The smallest absolute Gasteiger partial charge is 0.145 e. The summed E-state index contributed by atoms with van der Waals surface area (Å²) < 4.78 is 5.99. The first kappa shape index (κ1) is 11.3. The second-order valence-electron chi connectivity index (χ2n) is 5.69. The highest BCUT2D eigenvalue weighted by atomic mass is 16.5. The molecule has 2 nitrogen and oxygen atoms in total. The molecule has 0 aromatic heterocycles. The van der Waals surface area contributed by atoms with Crippen LogP contribution in [-0.2, 0) is 0 Å². The second-order valence-corrected chi connectivity index (χ2v) is 5.69. The van der Waals surface area contributed by atoms with E-state index >= 15 is 0 Å². The summed E-state index contributed by atoms with van der Waals surface area (Å²) >= 11 is 0. The predicted octanol–water partition coefficient (Wildman–Crippen LogP) is 3.64. The van der Waals surface area contributed by atoms with Crippen molar-refractivity contribution in [3.8, 4) is 5.75 Å². The molecule has 0 radical (unpaired) electrons. The molecule has 1 aromatic rings. The Morgan fingerprint density at radius 3 is 2.75 bits per heavy atom. The van der Waals surface area contributed by atoms with Crippen molar-refractivity contribution in [2.24, 2.45) is 5.41 Å². The van der Waals surface area contributed by atoms with Crippen LogP contribution >= 0.6 is 0 Å². The molecule has 0 spiro atoms. The zero-order valence-electron chi connectivity index (χ0n) is 10.6. The summed E-state index contributed by atoms with van der Waals surface area (Å²) in [7, 11) is 0. The minimum absolute atomic E-state index is 0.188. The van der Waals surface area contributed by atoms with Gasteiger partial charge in [0.1, 0.15) is 5.75 Å². The molecule has 1 N–H and O–H groups in total. The van der Waals surface area contributed by atoms with Crippen molar-refractivity contribution in [2.75, 3.05) is 18.5 Å². The van der Waals surface area contributed by atoms with Crippen LogP contribution in [0.25, 0.3) is 0 Å². The van der Waals surface area contributed by atoms with Crippen LogP contribution in [0.4, 0.5) is 5.69 Å². The van der Waals surface area contributed by atoms with E-state index in [0.717, 1.165) is 24.6 Å². The maximum absolute atomic E-state index is 5.99. The van der Waals surface area contributed by atoms with Crippen molar-refractivity contribution >= 4 is 5.69 Å².